The van der Waals surface area contributed by atoms with Gasteiger partial charge < -0.3 is 10.2 Å². The molecule has 4 rings (SSSR count). The highest BCUT2D eigenvalue weighted by Gasteiger charge is 2.16. The van der Waals surface area contributed by atoms with E-state index in [0.29, 0.717) is 6.42 Å². The molecule has 0 spiro atoms. The molecule has 4 nitrogen and oxygen atoms in total. The first-order valence-corrected chi connectivity index (χ1v) is 9.39. The fourth-order valence-electron chi connectivity index (χ4n) is 3.46. The van der Waals surface area contributed by atoms with Gasteiger partial charge in [0.15, 0.2) is 0 Å². The summed E-state index contributed by atoms with van der Waals surface area (Å²) in [5.74, 6) is 0.965. The smallest absolute Gasteiger partial charge is 0.224 e. The Labute approximate surface area is 159 Å². The highest BCUT2D eigenvalue weighted by atomic mass is 16.1. The Balaban J connectivity index is 1.33. The van der Waals surface area contributed by atoms with E-state index in [4.69, 9.17) is 0 Å². The summed E-state index contributed by atoms with van der Waals surface area (Å²) in [5.41, 5.74) is 4.71. The number of hydrogen-bond acceptors (Lipinski definition) is 3. The van der Waals surface area contributed by atoms with Crippen LogP contribution in [0.2, 0.25) is 0 Å². The zero-order valence-corrected chi connectivity index (χ0v) is 15.3. The first kappa shape index (κ1) is 17.3. The van der Waals surface area contributed by atoms with Gasteiger partial charge in [-0.05, 0) is 41.7 Å². The zero-order chi connectivity index (χ0) is 18.5. The average Bonchev–Trinajstić information content (AvgIpc) is 2.73. The van der Waals surface area contributed by atoms with Crippen molar-refractivity contribution >= 4 is 17.4 Å². The van der Waals surface area contributed by atoms with E-state index in [9.17, 15) is 4.79 Å². The molecule has 2 aromatic carbocycles. The number of nitrogens with one attached hydrogen (secondary N) is 1. The lowest BCUT2D eigenvalue weighted by molar-refractivity contribution is -0.116. The molecule has 0 atom stereocenters. The van der Waals surface area contributed by atoms with Crippen molar-refractivity contribution in [3.05, 3.63) is 89.6 Å². The maximum atomic E-state index is 12.2. The molecule has 1 aliphatic heterocycles. The van der Waals surface area contributed by atoms with Gasteiger partial charge in [0.05, 0.1) is 11.9 Å². The Bertz CT molecular complexity index is 906. The molecule has 1 aromatic heterocycles. The lowest BCUT2D eigenvalue weighted by atomic mass is 10.00. The van der Waals surface area contributed by atoms with Crippen LogP contribution in [0, 0.1) is 0 Å². The topological polar surface area (TPSA) is 45.2 Å². The summed E-state index contributed by atoms with van der Waals surface area (Å²) < 4.78 is 0. The summed E-state index contributed by atoms with van der Waals surface area (Å²) >= 11 is 0. The molecule has 1 aliphatic rings. The van der Waals surface area contributed by atoms with Crippen LogP contribution in [0.4, 0.5) is 11.5 Å². The fourth-order valence-corrected chi connectivity index (χ4v) is 3.46. The van der Waals surface area contributed by atoms with Gasteiger partial charge in [-0.1, -0.05) is 54.6 Å². The molecule has 136 valence electrons. The van der Waals surface area contributed by atoms with Gasteiger partial charge in [0.2, 0.25) is 5.91 Å². The summed E-state index contributed by atoms with van der Waals surface area (Å²) in [6.07, 6.45) is 3.99. The second-order valence-electron chi connectivity index (χ2n) is 6.88. The van der Waals surface area contributed by atoms with Crippen molar-refractivity contribution in [2.75, 3.05) is 16.8 Å². The van der Waals surface area contributed by atoms with E-state index < -0.39 is 0 Å². The summed E-state index contributed by atoms with van der Waals surface area (Å²) in [4.78, 5) is 19.0. The minimum absolute atomic E-state index is 0.0142. The van der Waals surface area contributed by atoms with E-state index in [0.717, 1.165) is 37.4 Å². The standard InChI is InChI=1S/C23H23N3O/c27-23(13-10-18-6-2-1-3-7-18)25-21-11-12-22(24-16-21)26-15-14-19-8-4-5-9-20(19)17-26/h1-9,11-12,16H,10,13-15,17H2,(H,25,27). The molecule has 0 radical (unpaired) electrons. The normalized spacial score (nSPS) is 13.1. The molecular weight excluding hydrogens is 334 g/mol. The van der Waals surface area contributed by atoms with Crippen molar-refractivity contribution in [2.24, 2.45) is 0 Å². The second kappa shape index (κ2) is 8.04. The molecule has 0 bridgehead atoms. The minimum Gasteiger partial charge on any atom is -0.352 e. The molecule has 4 heteroatoms. The quantitative estimate of drug-likeness (QED) is 0.744. The number of aryl methyl sites for hydroxylation is 1. The van der Waals surface area contributed by atoms with Gasteiger partial charge in [0.25, 0.3) is 0 Å². The Morgan fingerprint density at radius 3 is 2.52 bits per heavy atom. The zero-order valence-electron chi connectivity index (χ0n) is 15.3. The first-order chi connectivity index (χ1) is 13.3. The number of rotatable bonds is 5. The van der Waals surface area contributed by atoms with Crippen LogP contribution in [0.1, 0.15) is 23.1 Å². The Morgan fingerprint density at radius 1 is 0.963 bits per heavy atom. The van der Waals surface area contributed by atoms with Crippen molar-refractivity contribution < 1.29 is 4.79 Å². The molecular formula is C23H23N3O. The maximum Gasteiger partial charge on any atom is 0.224 e. The van der Waals surface area contributed by atoms with Gasteiger partial charge in [0, 0.05) is 19.5 Å². The van der Waals surface area contributed by atoms with Crippen molar-refractivity contribution in [2.45, 2.75) is 25.8 Å². The number of fused-ring (bicyclic) bond motifs is 1. The third kappa shape index (κ3) is 4.34. The SMILES string of the molecule is O=C(CCc1ccccc1)Nc1ccc(N2CCc3ccccc3C2)nc1. The Kier molecular flexibility index (Phi) is 5.15. The summed E-state index contributed by atoms with van der Waals surface area (Å²) in [6, 6.07) is 22.6. The molecule has 0 saturated carbocycles. The number of pyridine rings is 1. The van der Waals surface area contributed by atoms with Gasteiger partial charge in [-0.15, -0.1) is 0 Å². The molecule has 2 heterocycles. The molecule has 1 N–H and O–H groups in total. The van der Waals surface area contributed by atoms with Crippen LogP contribution >= 0.6 is 0 Å². The number of carbonyl (C=O) groups is 1. The van der Waals surface area contributed by atoms with E-state index in [1.54, 1.807) is 6.20 Å². The number of nitrogens with zero attached hydrogens (tertiary/aromatic N) is 2. The summed E-state index contributed by atoms with van der Waals surface area (Å²) in [6.45, 7) is 1.85. The predicted octanol–water partition coefficient (Wildman–Crippen LogP) is 4.22. The highest BCUT2D eigenvalue weighted by molar-refractivity contribution is 5.90. The van der Waals surface area contributed by atoms with Crippen LogP contribution in [0.5, 0.6) is 0 Å². The molecule has 0 aliphatic carbocycles. The molecule has 27 heavy (non-hydrogen) atoms. The van der Waals surface area contributed by atoms with Crippen LogP contribution in [0.25, 0.3) is 0 Å². The van der Waals surface area contributed by atoms with Crippen LogP contribution in [0.15, 0.2) is 72.9 Å². The third-order valence-electron chi connectivity index (χ3n) is 4.97. The third-order valence-corrected chi connectivity index (χ3v) is 4.97. The van der Waals surface area contributed by atoms with Crippen LogP contribution < -0.4 is 10.2 Å². The molecule has 1 amide bonds. The van der Waals surface area contributed by atoms with E-state index in [2.05, 4.69) is 39.5 Å². The number of aromatic nitrogens is 1. The van der Waals surface area contributed by atoms with Crippen LogP contribution in [-0.2, 0) is 24.2 Å². The minimum atomic E-state index is 0.0142. The number of benzene rings is 2. The highest BCUT2D eigenvalue weighted by Crippen LogP contribution is 2.23. The number of amides is 1. The van der Waals surface area contributed by atoms with Gasteiger partial charge in [-0.25, -0.2) is 4.98 Å². The molecule has 3 aromatic rings. The first-order valence-electron chi connectivity index (χ1n) is 9.39. The lowest BCUT2D eigenvalue weighted by Gasteiger charge is -2.29. The van der Waals surface area contributed by atoms with E-state index in [-0.39, 0.29) is 5.91 Å². The van der Waals surface area contributed by atoms with Crippen molar-refractivity contribution in [3.8, 4) is 0 Å². The largest absolute Gasteiger partial charge is 0.352 e. The fraction of sp³-hybridized carbons (Fsp3) is 0.217. The van der Waals surface area contributed by atoms with Crippen molar-refractivity contribution in [1.29, 1.82) is 0 Å². The van der Waals surface area contributed by atoms with E-state index in [1.165, 1.54) is 16.7 Å². The Hall–Kier alpha value is -3.14. The lowest BCUT2D eigenvalue weighted by Crippen LogP contribution is -2.30. The van der Waals surface area contributed by atoms with Gasteiger partial charge >= 0.3 is 0 Å². The van der Waals surface area contributed by atoms with Gasteiger partial charge in [0.1, 0.15) is 5.82 Å². The summed E-state index contributed by atoms with van der Waals surface area (Å²) in [7, 11) is 0. The average molecular weight is 357 g/mol. The van der Waals surface area contributed by atoms with Crippen molar-refractivity contribution in [3.63, 3.8) is 0 Å². The number of hydrogen-bond donors (Lipinski definition) is 1. The van der Waals surface area contributed by atoms with E-state index in [1.807, 2.05) is 42.5 Å². The summed E-state index contributed by atoms with van der Waals surface area (Å²) in [5, 5.41) is 2.94. The molecule has 0 saturated heterocycles. The van der Waals surface area contributed by atoms with Crippen molar-refractivity contribution in [1.82, 2.24) is 4.98 Å². The number of carbonyl (C=O) groups excluding carboxylic acids is 1. The van der Waals surface area contributed by atoms with Crippen LogP contribution in [0.3, 0.4) is 0 Å². The van der Waals surface area contributed by atoms with Crippen LogP contribution in [-0.4, -0.2) is 17.4 Å². The monoisotopic (exact) mass is 357 g/mol. The molecule has 0 unspecified atom stereocenters. The van der Waals surface area contributed by atoms with Gasteiger partial charge in [-0.3, -0.25) is 4.79 Å². The Morgan fingerprint density at radius 2 is 1.74 bits per heavy atom. The van der Waals surface area contributed by atoms with Gasteiger partial charge in [-0.2, -0.15) is 0 Å². The molecule has 0 fully saturated rings. The predicted molar refractivity (Wildman–Crippen MR) is 109 cm³/mol. The second-order valence-corrected chi connectivity index (χ2v) is 6.88. The maximum absolute atomic E-state index is 12.2. The van der Waals surface area contributed by atoms with E-state index >= 15 is 0 Å². The number of anilines is 2.